The maximum absolute atomic E-state index is 13.4. The van der Waals surface area contributed by atoms with E-state index in [-0.39, 0.29) is 26.3 Å². The molecular formula is C39H55IO5. The molecule has 0 N–H and O–H groups in total. The molecule has 3 rings (SSSR count). The number of carbonyl (C=O) groups excluding carboxylic acids is 1. The third-order valence-electron chi connectivity index (χ3n) is 8.26. The minimum absolute atomic E-state index is 0.0241. The Morgan fingerprint density at radius 1 is 0.867 bits per heavy atom. The lowest BCUT2D eigenvalue weighted by molar-refractivity contribution is -0.169. The van der Waals surface area contributed by atoms with Crippen molar-refractivity contribution in [1.29, 1.82) is 0 Å². The van der Waals surface area contributed by atoms with Gasteiger partial charge < -0.3 is 13.9 Å². The van der Waals surface area contributed by atoms with Gasteiger partial charge in [-0.2, -0.15) is 0 Å². The Morgan fingerprint density at radius 3 is 2.16 bits per heavy atom. The zero-order valence-corrected chi connectivity index (χ0v) is 31.6. The van der Waals surface area contributed by atoms with Gasteiger partial charge in [-0.25, -0.2) is 4.79 Å². The molecule has 45 heavy (non-hydrogen) atoms. The van der Waals surface area contributed by atoms with Crippen LogP contribution in [0.25, 0.3) is 22.1 Å². The van der Waals surface area contributed by atoms with Crippen molar-refractivity contribution in [3.8, 4) is 16.9 Å². The highest BCUT2D eigenvalue weighted by Gasteiger charge is 2.40. The zero-order chi connectivity index (χ0) is 33.8. The number of halogens is 1. The van der Waals surface area contributed by atoms with Gasteiger partial charge in [0.2, 0.25) is 0 Å². The number of aryl methyl sites for hydroxylation is 2. The summed E-state index contributed by atoms with van der Waals surface area (Å²) in [5.74, 6) is 0.198. The summed E-state index contributed by atoms with van der Waals surface area (Å²) in [6.45, 7) is 22.7. The summed E-state index contributed by atoms with van der Waals surface area (Å²) < 4.78 is 18.5. The third kappa shape index (κ3) is 10.9. The number of unbranched alkanes of at least 4 members (excludes halogenated alkanes) is 2. The van der Waals surface area contributed by atoms with E-state index >= 15 is 0 Å². The highest BCUT2D eigenvalue weighted by atomic mass is 127. The molecule has 248 valence electrons. The largest absolute Gasteiger partial charge is 0.488 e. The van der Waals surface area contributed by atoms with E-state index in [9.17, 15) is 9.59 Å². The van der Waals surface area contributed by atoms with Crippen LogP contribution in [0.4, 0.5) is 0 Å². The van der Waals surface area contributed by atoms with E-state index in [1.165, 1.54) is 18.4 Å². The number of esters is 1. The summed E-state index contributed by atoms with van der Waals surface area (Å²) in [5.41, 5.74) is 2.43. The minimum Gasteiger partial charge on any atom is -0.488 e. The van der Waals surface area contributed by atoms with Crippen LogP contribution in [0.1, 0.15) is 119 Å². The molecule has 0 amide bonds. The van der Waals surface area contributed by atoms with Gasteiger partial charge in [-0.1, -0.05) is 102 Å². The number of hydrogen-bond donors (Lipinski definition) is 0. The van der Waals surface area contributed by atoms with Crippen LogP contribution in [0, 0.1) is 11.3 Å². The van der Waals surface area contributed by atoms with E-state index in [4.69, 9.17) is 13.9 Å². The van der Waals surface area contributed by atoms with E-state index in [2.05, 4.69) is 89.3 Å². The van der Waals surface area contributed by atoms with Crippen LogP contribution in [0.5, 0.6) is 5.75 Å². The minimum atomic E-state index is -0.750. The Hall–Kier alpha value is -2.35. The summed E-state index contributed by atoms with van der Waals surface area (Å²) in [6.07, 6.45) is 6.57. The molecule has 0 radical (unpaired) electrons. The second-order valence-corrected chi connectivity index (χ2v) is 18.4. The SMILES string of the molecule is CCCCCc1ccc(CC)c(-c2cc3ccc(OC(C)(C)CC(C)(C)OC(=O)C(CC(C)(C)I)C(C)(C)C)cc3oc2=O)c1. The zero-order valence-electron chi connectivity index (χ0n) is 29.5. The topological polar surface area (TPSA) is 65.7 Å². The van der Waals surface area contributed by atoms with Gasteiger partial charge in [0.15, 0.2) is 0 Å². The van der Waals surface area contributed by atoms with Crippen molar-refractivity contribution in [2.75, 3.05) is 0 Å². The molecule has 1 atom stereocenters. The van der Waals surface area contributed by atoms with Crippen molar-refractivity contribution in [1.82, 2.24) is 0 Å². The van der Waals surface area contributed by atoms with Crippen LogP contribution in [0.2, 0.25) is 0 Å². The summed E-state index contributed by atoms with van der Waals surface area (Å²) in [7, 11) is 0. The van der Waals surface area contributed by atoms with Crippen LogP contribution < -0.4 is 10.4 Å². The maximum Gasteiger partial charge on any atom is 0.344 e. The Balaban J connectivity index is 1.81. The highest BCUT2D eigenvalue weighted by Crippen LogP contribution is 2.39. The van der Waals surface area contributed by atoms with E-state index in [1.807, 2.05) is 45.9 Å². The standard InChI is InChI=1S/C39H55IO5/c1-12-14-15-16-26-17-18-27(13-2)30(21-26)31-22-28-19-20-29(23-33(28)43-34(31)41)44-38(8,9)25-39(10,11)45-35(42)32(36(3,4)5)24-37(6,7)40/h17-23,32H,12-16,24-25H2,1-11H3. The lowest BCUT2D eigenvalue weighted by atomic mass is 9.76. The van der Waals surface area contributed by atoms with Gasteiger partial charge in [0.25, 0.3) is 0 Å². The fourth-order valence-electron chi connectivity index (χ4n) is 6.25. The molecule has 0 saturated heterocycles. The van der Waals surface area contributed by atoms with Gasteiger partial charge in [0.05, 0.1) is 11.5 Å². The molecule has 1 unspecified atom stereocenters. The summed E-state index contributed by atoms with van der Waals surface area (Å²) in [4.78, 5) is 26.8. The van der Waals surface area contributed by atoms with Crippen molar-refractivity contribution < 1.29 is 18.7 Å². The van der Waals surface area contributed by atoms with Crippen molar-refractivity contribution >= 4 is 39.5 Å². The first-order valence-electron chi connectivity index (χ1n) is 16.5. The highest BCUT2D eigenvalue weighted by molar-refractivity contribution is 14.1. The van der Waals surface area contributed by atoms with Crippen molar-refractivity contribution in [3.05, 3.63) is 64.0 Å². The molecule has 0 fully saturated rings. The number of fused-ring (bicyclic) bond motifs is 1. The third-order valence-corrected chi connectivity index (χ3v) is 8.70. The molecule has 1 aromatic heterocycles. The summed E-state index contributed by atoms with van der Waals surface area (Å²) in [5, 5.41) is 0.842. The van der Waals surface area contributed by atoms with E-state index in [1.54, 1.807) is 6.07 Å². The molecule has 0 spiro atoms. The van der Waals surface area contributed by atoms with E-state index in [0.29, 0.717) is 23.3 Å². The lowest BCUT2D eigenvalue weighted by Crippen LogP contribution is -2.43. The molecule has 3 aromatic rings. The summed E-state index contributed by atoms with van der Waals surface area (Å²) in [6, 6.07) is 14.1. The van der Waals surface area contributed by atoms with Crippen molar-refractivity contribution in [2.45, 2.75) is 136 Å². The van der Waals surface area contributed by atoms with Crippen molar-refractivity contribution in [2.24, 2.45) is 11.3 Å². The Labute approximate surface area is 285 Å². The van der Waals surface area contributed by atoms with Crippen LogP contribution >= 0.6 is 22.6 Å². The maximum atomic E-state index is 13.4. The number of benzene rings is 2. The van der Waals surface area contributed by atoms with Gasteiger partial charge in [-0.15, -0.1) is 0 Å². The first-order chi connectivity index (χ1) is 20.7. The Kier molecular flexibility index (Phi) is 12.0. The second-order valence-electron chi connectivity index (χ2n) is 15.5. The predicted octanol–water partition coefficient (Wildman–Crippen LogP) is 10.9. The molecule has 2 aromatic carbocycles. The fraction of sp³-hybridized carbons (Fsp3) is 0.590. The number of carbonyl (C=O) groups is 1. The van der Waals surface area contributed by atoms with E-state index in [0.717, 1.165) is 42.2 Å². The van der Waals surface area contributed by atoms with Gasteiger partial charge in [-0.05, 0) is 93.7 Å². The first-order valence-corrected chi connectivity index (χ1v) is 17.6. The number of rotatable bonds is 14. The molecular weight excluding hydrogens is 675 g/mol. The lowest BCUT2D eigenvalue weighted by Gasteiger charge is -2.38. The monoisotopic (exact) mass is 730 g/mol. The molecule has 1 heterocycles. The average molecular weight is 731 g/mol. The Morgan fingerprint density at radius 2 is 1.56 bits per heavy atom. The average Bonchev–Trinajstić information content (AvgIpc) is 2.89. The molecule has 5 nitrogen and oxygen atoms in total. The molecule has 0 aliphatic rings. The predicted molar refractivity (Wildman–Crippen MR) is 196 cm³/mol. The quantitative estimate of drug-likeness (QED) is 0.0543. The number of alkyl halides is 1. The van der Waals surface area contributed by atoms with Crippen LogP contribution in [-0.2, 0) is 22.4 Å². The van der Waals surface area contributed by atoms with Gasteiger partial charge in [0, 0.05) is 21.3 Å². The first kappa shape index (κ1) is 37.1. The molecule has 0 bridgehead atoms. The second kappa shape index (κ2) is 14.6. The van der Waals surface area contributed by atoms with Gasteiger partial charge >= 0.3 is 11.6 Å². The van der Waals surface area contributed by atoms with Crippen molar-refractivity contribution in [3.63, 3.8) is 0 Å². The van der Waals surface area contributed by atoms with Crippen LogP contribution in [0.15, 0.2) is 51.7 Å². The molecule has 6 heteroatoms. The van der Waals surface area contributed by atoms with Crippen LogP contribution in [0.3, 0.4) is 0 Å². The fourth-order valence-corrected chi connectivity index (χ4v) is 6.69. The molecule has 0 saturated carbocycles. The summed E-state index contributed by atoms with van der Waals surface area (Å²) >= 11 is 2.40. The number of hydrogen-bond acceptors (Lipinski definition) is 5. The number of ether oxygens (including phenoxy) is 2. The molecule has 0 aliphatic carbocycles. The van der Waals surface area contributed by atoms with E-state index < -0.39 is 11.2 Å². The van der Waals surface area contributed by atoms with Gasteiger partial charge in [0.1, 0.15) is 22.5 Å². The smallest absolute Gasteiger partial charge is 0.344 e. The van der Waals surface area contributed by atoms with Gasteiger partial charge in [-0.3, -0.25) is 4.79 Å². The normalized spacial score (nSPS) is 13.6. The Bertz CT molecular complexity index is 1520. The molecule has 0 aliphatic heterocycles. The van der Waals surface area contributed by atoms with Crippen LogP contribution in [-0.4, -0.2) is 20.6 Å².